The van der Waals surface area contributed by atoms with Gasteiger partial charge in [-0.05, 0) is 24.1 Å². The van der Waals surface area contributed by atoms with Gasteiger partial charge in [0.2, 0.25) is 0 Å². The number of carbonyl (C=O) groups excluding carboxylic acids is 1. The lowest BCUT2D eigenvalue weighted by Crippen LogP contribution is -2.19. The smallest absolute Gasteiger partial charge is 0.330 e. The van der Waals surface area contributed by atoms with E-state index in [0.29, 0.717) is 11.4 Å². The Kier molecular flexibility index (Phi) is 4.99. The number of rotatable bonds is 4. The number of halogens is 1. The van der Waals surface area contributed by atoms with Crippen LogP contribution in [0.2, 0.25) is 5.02 Å². The van der Waals surface area contributed by atoms with Gasteiger partial charge in [0.05, 0.1) is 7.11 Å². The SMILES string of the molecule is CCC(N=Cc1ccc(Cl)cc1)C(=O)OC. The minimum Gasteiger partial charge on any atom is -0.467 e. The number of benzene rings is 1. The molecule has 1 aromatic carbocycles. The van der Waals surface area contributed by atoms with Gasteiger partial charge in [-0.3, -0.25) is 4.99 Å². The van der Waals surface area contributed by atoms with Crippen molar-refractivity contribution in [3.63, 3.8) is 0 Å². The first-order chi connectivity index (χ1) is 7.67. The molecule has 1 unspecified atom stereocenters. The molecule has 1 atom stereocenters. The molecule has 0 radical (unpaired) electrons. The van der Waals surface area contributed by atoms with Gasteiger partial charge in [-0.1, -0.05) is 30.7 Å². The average Bonchev–Trinajstić information content (AvgIpc) is 2.31. The molecule has 0 aromatic heterocycles. The van der Waals surface area contributed by atoms with Crippen molar-refractivity contribution in [3.05, 3.63) is 34.9 Å². The average molecular weight is 240 g/mol. The lowest BCUT2D eigenvalue weighted by atomic mass is 10.2. The van der Waals surface area contributed by atoms with Crippen LogP contribution in [0.4, 0.5) is 0 Å². The van der Waals surface area contributed by atoms with Crippen molar-refractivity contribution >= 4 is 23.8 Å². The van der Waals surface area contributed by atoms with Gasteiger partial charge in [-0.15, -0.1) is 0 Å². The fraction of sp³-hybridized carbons (Fsp3) is 0.333. The molecule has 16 heavy (non-hydrogen) atoms. The highest BCUT2D eigenvalue weighted by molar-refractivity contribution is 6.30. The van der Waals surface area contributed by atoms with E-state index in [-0.39, 0.29) is 5.97 Å². The minimum atomic E-state index is -0.430. The summed E-state index contributed by atoms with van der Waals surface area (Å²) in [6.45, 7) is 1.89. The molecule has 3 nitrogen and oxygen atoms in total. The molecule has 1 aromatic rings. The number of hydrogen-bond donors (Lipinski definition) is 0. The molecule has 1 rings (SSSR count). The predicted octanol–water partition coefficient (Wildman–Crippen LogP) is 2.71. The van der Waals surface area contributed by atoms with Gasteiger partial charge < -0.3 is 4.74 Å². The van der Waals surface area contributed by atoms with Crippen LogP contribution in [0.5, 0.6) is 0 Å². The lowest BCUT2D eigenvalue weighted by molar-refractivity contribution is -0.142. The Labute approximate surface area is 100 Å². The molecular weight excluding hydrogens is 226 g/mol. The van der Waals surface area contributed by atoms with Crippen LogP contribution in [0, 0.1) is 0 Å². The second-order valence-corrected chi connectivity index (χ2v) is 3.71. The summed E-state index contributed by atoms with van der Waals surface area (Å²) in [5, 5.41) is 0.678. The number of hydrogen-bond acceptors (Lipinski definition) is 3. The molecule has 0 aliphatic heterocycles. The maximum absolute atomic E-state index is 11.3. The van der Waals surface area contributed by atoms with Crippen molar-refractivity contribution in [2.45, 2.75) is 19.4 Å². The summed E-state index contributed by atoms with van der Waals surface area (Å²) in [4.78, 5) is 15.4. The van der Waals surface area contributed by atoms with Gasteiger partial charge in [0.15, 0.2) is 0 Å². The van der Waals surface area contributed by atoms with Gasteiger partial charge >= 0.3 is 5.97 Å². The van der Waals surface area contributed by atoms with E-state index in [1.807, 2.05) is 19.1 Å². The molecule has 4 heteroatoms. The molecular formula is C12H14ClNO2. The summed E-state index contributed by atoms with van der Waals surface area (Å²) in [6.07, 6.45) is 2.28. The van der Waals surface area contributed by atoms with E-state index in [9.17, 15) is 4.79 Å². The normalized spacial score (nSPS) is 12.7. The molecule has 0 saturated carbocycles. The number of aliphatic imine (C=N–C) groups is 1. The van der Waals surface area contributed by atoms with Crippen molar-refractivity contribution in [2.24, 2.45) is 4.99 Å². The first-order valence-electron chi connectivity index (χ1n) is 5.04. The van der Waals surface area contributed by atoms with Crippen LogP contribution in [0.25, 0.3) is 0 Å². The van der Waals surface area contributed by atoms with Crippen molar-refractivity contribution in [2.75, 3.05) is 7.11 Å². The van der Waals surface area contributed by atoms with Crippen molar-refractivity contribution in [1.29, 1.82) is 0 Å². The largest absolute Gasteiger partial charge is 0.467 e. The summed E-state index contributed by atoms with van der Waals surface area (Å²) in [7, 11) is 1.36. The molecule has 0 bridgehead atoms. The van der Waals surface area contributed by atoms with E-state index in [0.717, 1.165) is 5.56 Å². The predicted molar refractivity (Wildman–Crippen MR) is 65.1 cm³/mol. The number of ether oxygens (including phenoxy) is 1. The van der Waals surface area contributed by atoms with Gasteiger partial charge in [0.25, 0.3) is 0 Å². The Morgan fingerprint density at radius 1 is 1.50 bits per heavy atom. The third-order valence-corrected chi connectivity index (χ3v) is 2.39. The fourth-order valence-corrected chi connectivity index (χ4v) is 1.32. The van der Waals surface area contributed by atoms with E-state index in [1.54, 1.807) is 18.3 Å². The van der Waals surface area contributed by atoms with Gasteiger partial charge in [0, 0.05) is 11.2 Å². The summed E-state index contributed by atoms with van der Waals surface area (Å²) < 4.78 is 4.64. The van der Waals surface area contributed by atoms with Crippen molar-refractivity contribution in [1.82, 2.24) is 0 Å². The zero-order valence-electron chi connectivity index (χ0n) is 9.31. The Bertz CT molecular complexity index is 373. The topological polar surface area (TPSA) is 38.7 Å². The van der Waals surface area contributed by atoms with Crippen LogP contribution in [-0.4, -0.2) is 25.3 Å². The molecule has 0 heterocycles. The van der Waals surface area contributed by atoms with Crippen molar-refractivity contribution in [3.8, 4) is 0 Å². The standard InChI is InChI=1S/C12H14ClNO2/c1-3-11(12(15)16-2)14-8-9-4-6-10(13)7-5-9/h4-8,11H,3H2,1-2H3. The Balaban J connectivity index is 2.71. The van der Waals surface area contributed by atoms with Crippen LogP contribution in [0.3, 0.4) is 0 Å². The van der Waals surface area contributed by atoms with Gasteiger partial charge in [0.1, 0.15) is 6.04 Å². The van der Waals surface area contributed by atoms with Crippen LogP contribution in [0.15, 0.2) is 29.3 Å². The van der Waals surface area contributed by atoms with Crippen molar-refractivity contribution < 1.29 is 9.53 Å². The molecule has 0 spiro atoms. The summed E-state index contributed by atoms with van der Waals surface area (Å²) in [5.74, 6) is -0.312. The van der Waals surface area contributed by atoms with E-state index < -0.39 is 6.04 Å². The summed E-state index contributed by atoms with van der Waals surface area (Å²) in [5.41, 5.74) is 0.909. The van der Waals surface area contributed by atoms with E-state index in [1.165, 1.54) is 7.11 Å². The number of methoxy groups -OCH3 is 1. The molecule has 0 aliphatic carbocycles. The Morgan fingerprint density at radius 3 is 2.62 bits per heavy atom. The quantitative estimate of drug-likeness (QED) is 0.599. The van der Waals surface area contributed by atoms with Crippen LogP contribution in [-0.2, 0) is 9.53 Å². The Morgan fingerprint density at radius 2 is 2.12 bits per heavy atom. The molecule has 0 N–H and O–H groups in total. The maximum atomic E-state index is 11.3. The highest BCUT2D eigenvalue weighted by Gasteiger charge is 2.13. The summed E-state index contributed by atoms with van der Waals surface area (Å²) >= 11 is 5.76. The van der Waals surface area contributed by atoms with Crippen LogP contribution in [0.1, 0.15) is 18.9 Å². The monoisotopic (exact) mass is 239 g/mol. The first kappa shape index (κ1) is 12.7. The minimum absolute atomic E-state index is 0.312. The highest BCUT2D eigenvalue weighted by Crippen LogP contribution is 2.08. The van der Waals surface area contributed by atoms with Gasteiger partial charge in [-0.25, -0.2) is 4.79 Å². The summed E-state index contributed by atoms with van der Waals surface area (Å²) in [6, 6.07) is 6.82. The second-order valence-electron chi connectivity index (χ2n) is 3.28. The number of esters is 1. The Hall–Kier alpha value is -1.35. The molecule has 0 fully saturated rings. The lowest BCUT2D eigenvalue weighted by Gasteiger charge is -2.06. The van der Waals surface area contributed by atoms with Crippen LogP contribution >= 0.6 is 11.6 Å². The zero-order chi connectivity index (χ0) is 12.0. The maximum Gasteiger partial charge on any atom is 0.330 e. The van der Waals surface area contributed by atoms with E-state index in [4.69, 9.17) is 11.6 Å². The molecule has 0 saturated heterocycles. The third-order valence-electron chi connectivity index (χ3n) is 2.13. The first-order valence-corrected chi connectivity index (χ1v) is 5.41. The van der Waals surface area contributed by atoms with E-state index >= 15 is 0 Å². The van der Waals surface area contributed by atoms with Gasteiger partial charge in [-0.2, -0.15) is 0 Å². The highest BCUT2D eigenvalue weighted by atomic mass is 35.5. The molecule has 0 amide bonds. The van der Waals surface area contributed by atoms with E-state index in [2.05, 4.69) is 9.73 Å². The zero-order valence-corrected chi connectivity index (χ0v) is 10.1. The number of nitrogens with zero attached hydrogens (tertiary/aromatic N) is 1. The fourth-order valence-electron chi connectivity index (χ4n) is 1.19. The second kappa shape index (κ2) is 6.28. The molecule has 86 valence electrons. The number of carbonyl (C=O) groups is 1. The third kappa shape index (κ3) is 3.66. The van der Waals surface area contributed by atoms with Crippen LogP contribution < -0.4 is 0 Å². The molecule has 0 aliphatic rings.